The number of carbonyl (C=O) groups is 2. The number of piperidine rings is 1. The number of nitrogens with one attached hydrogen (secondary N) is 1. The molecule has 1 aromatic carbocycles. The number of anilines is 1. The molecule has 0 saturated carbocycles. The second-order valence-electron chi connectivity index (χ2n) is 7.21. The Morgan fingerprint density at radius 1 is 1.24 bits per heavy atom. The predicted octanol–water partition coefficient (Wildman–Crippen LogP) is 4.13. The van der Waals surface area contributed by atoms with E-state index in [9.17, 15) is 9.59 Å². The summed E-state index contributed by atoms with van der Waals surface area (Å²) in [6, 6.07) is 13.3. The Labute approximate surface area is 173 Å². The van der Waals surface area contributed by atoms with E-state index in [1.54, 1.807) is 16.2 Å². The average molecular weight is 410 g/mol. The maximum Gasteiger partial charge on any atom is 0.236 e. The van der Waals surface area contributed by atoms with Crippen LogP contribution in [-0.4, -0.2) is 34.8 Å². The normalized spacial score (nSPS) is 16.6. The van der Waals surface area contributed by atoms with E-state index in [0.29, 0.717) is 30.4 Å². The first-order chi connectivity index (χ1) is 14.1. The topological polar surface area (TPSA) is 75.4 Å². The maximum absolute atomic E-state index is 12.9. The molecule has 1 aliphatic heterocycles. The third kappa shape index (κ3) is 4.56. The van der Waals surface area contributed by atoms with E-state index in [0.717, 1.165) is 23.4 Å². The highest BCUT2D eigenvalue weighted by Gasteiger charge is 2.29. The van der Waals surface area contributed by atoms with Crippen molar-refractivity contribution < 1.29 is 14.0 Å². The third-order valence-electron chi connectivity index (χ3n) is 5.13. The molecule has 4 rings (SSSR count). The van der Waals surface area contributed by atoms with Gasteiger partial charge in [-0.15, -0.1) is 11.3 Å². The Morgan fingerprint density at radius 3 is 2.83 bits per heavy atom. The molecule has 1 saturated heterocycles. The number of thiophene rings is 1. The number of benzene rings is 1. The van der Waals surface area contributed by atoms with Crippen molar-refractivity contribution in [1.82, 2.24) is 9.88 Å². The molecule has 7 heteroatoms. The Kier molecular flexibility index (Phi) is 5.76. The zero-order valence-electron chi connectivity index (χ0n) is 16.3. The summed E-state index contributed by atoms with van der Waals surface area (Å²) in [6.07, 6.45) is 1.79. The molecule has 1 aliphatic rings. The standard InChI is InChI=1S/C22H23N3O3S/c1-15-18(24-22(28-15)19-10-6-12-29-19)13-20(26)25-11-5-7-16(14-25)21(27)23-17-8-3-2-4-9-17/h2-4,6,8-10,12,16H,5,7,11,13-14H2,1H3,(H,23,27). The van der Waals surface area contributed by atoms with Gasteiger partial charge in [0.05, 0.1) is 22.9 Å². The minimum atomic E-state index is -0.201. The highest BCUT2D eigenvalue weighted by Crippen LogP contribution is 2.27. The van der Waals surface area contributed by atoms with Crippen molar-refractivity contribution in [3.05, 3.63) is 59.3 Å². The molecule has 2 amide bonds. The molecule has 6 nitrogen and oxygen atoms in total. The van der Waals surface area contributed by atoms with Crippen molar-refractivity contribution in [1.29, 1.82) is 0 Å². The van der Waals surface area contributed by atoms with Crippen LogP contribution in [0.3, 0.4) is 0 Å². The predicted molar refractivity (Wildman–Crippen MR) is 113 cm³/mol. The molecule has 1 unspecified atom stereocenters. The van der Waals surface area contributed by atoms with E-state index in [4.69, 9.17) is 4.42 Å². The summed E-state index contributed by atoms with van der Waals surface area (Å²) < 4.78 is 5.74. The summed E-state index contributed by atoms with van der Waals surface area (Å²) in [5.41, 5.74) is 1.44. The smallest absolute Gasteiger partial charge is 0.236 e. The highest BCUT2D eigenvalue weighted by atomic mass is 32.1. The van der Waals surface area contributed by atoms with Gasteiger partial charge in [0.25, 0.3) is 0 Å². The van der Waals surface area contributed by atoms with Gasteiger partial charge in [0.15, 0.2) is 0 Å². The molecular formula is C22H23N3O3S. The van der Waals surface area contributed by atoms with Crippen LogP contribution in [0.15, 0.2) is 52.3 Å². The number of para-hydroxylation sites is 1. The van der Waals surface area contributed by atoms with Gasteiger partial charge >= 0.3 is 0 Å². The van der Waals surface area contributed by atoms with Crippen LogP contribution in [0.25, 0.3) is 10.8 Å². The van der Waals surface area contributed by atoms with E-state index < -0.39 is 0 Å². The molecule has 1 N–H and O–H groups in total. The summed E-state index contributed by atoms with van der Waals surface area (Å²) in [7, 11) is 0. The van der Waals surface area contributed by atoms with Gasteiger partial charge in [0.1, 0.15) is 5.76 Å². The highest BCUT2D eigenvalue weighted by molar-refractivity contribution is 7.13. The number of aromatic nitrogens is 1. The zero-order valence-corrected chi connectivity index (χ0v) is 17.1. The fraction of sp³-hybridized carbons (Fsp3) is 0.318. The fourth-order valence-corrected chi connectivity index (χ4v) is 4.19. The molecule has 29 heavy (non-hydrogen) atoms. The quantitative estimate of drug-likeness (QED) is 0.687. The number of hydrogen-bond acceptors (Lipinski definition) is 5. The van der Waals surface area contributed by atoms with Gasteiger partial charge in [0.2, 0.25) is 17.7 Å². The molecule has 3 aromatic rings. The van der Waals surface area contributed by atoms with Crippen molar-refractivity contribution >= 4 is 28.8 Å². The van der Waals surface area contributed by atoms with Gasteiger partial charge in [-0.2, -0.15) is 0 Å². The number of rotatable bonds is 5. The fourth-order valence-electron chi connectivity index (χ4n) is 3.54. The second kappa shape index (κ2) is 8.61. The summed E-state index contributed by atoms with van der Waals surface area (Å²) in [5.74, 6) is 0.965. The SMILES string of the molecule is Cc1oc(-c2cccs2)nc1CC(=O)N1CCCC(C(=O)Nc2ccccc2)C1. The van der Waals surface area contributed by atoms with Gasteiger partial charge in [-0.25, -0.2) is 4.98 Å². The van der Waals surface area contributed by atoms with Crippen LogP contribution >= 0.6 is 11.3 Å². The van der Waals surface area contributed by atoms with Crippen molar-refractivity contribution in [2.24, 2.45) is 5.92 Å². The Morgan fingerprint density at radius 2 is 2.07 bits per heavy atom. The monoisotopic (exact) mass is 409 g/mol. The van der Waals surface area contributed by atoms with Gasteiger partial charge in [-0.1, -0.05) is 24.3 Å². The molecule has 0 spiro atoms. The molecule has 1 atom stereocenters. The second-order valence-corrected chi connectivity index (χ2v) is 8.16. The molecule has 1 fully saturated rings. The number of carbonyl (C=O) groups excluding carboxylic acids is 2. The van der Waals surface area contributed by atoms with E-state index in [1.165, 1.54) is 0 Å². The van der Waals surface area contributed by atoms with Gasteiger partial charge in [-0.3, -0.25) is 9.59 Å². The van der Waals surface area contributed by atoms with Gasteiger partial charge in [0, 0.05) is 18.8 Å². The van der Waals surface area contributed by atoms with E-state index in [1.807, 2.05) is 54.8 Å². The molecule has 0 aliphatic carbocycles. The lowest BCUT2D eigenvalue weighted by atomic mass is 9.96. The average Bonchev–Trinajstić information content (AvgIpc) is 3.39. The van der Waals surface area contributed by atoms with Crippen LogP contribution in [0.5, 0.6) is 0 Å². The van der Waals surface area contributed by atoms with Gasteiger partial charge < -0.3 is 14.6 Å². The lowest BCUT2D eigenvalue weighted by molar-refractivity contribution is -0.134. The van der Waals surface area contributed by atoms with Crippen LogP contribution in [0.1, 0.15) is 24.3 Å². The van der Waals surface area contributed by atoms with Crippen LogP contribution in [0.4, 0.5) is 5.69 Å². The summed E-state index contributed by atoms with van der Waals surface area (Å²) in [4.78, 5) is 32.7. The largest absolute Gasteiger partial charge is 0.440 e. The molecule has 150 valence electrons. The minimum Gasteiger partial charge on any atom is -0.440 e. The molecule has 0 radical (unpaired) electrons. The number of amides is 2. The van der Waals surface area contributed by atoms with Crippen LogP contribution < -0.4 is 5.32 Å². The zero-order chi connectivity index (χ0) is 20.2. The first-order valence-corrected chi connectivity index (χ1v) is 10.6. The lowest BCUT2D eigenvalue weighted by Gasteiger charge is -2.32. The number of likely N-dealkylation sites (tertiary alicyclic amines) is 1. The number of aryl methyl sites for hydroxylation is 1. The van der Waals surface area contributed by atoms with Crippen LogP contribution in [-0.2, 0) is 16.0 Å². The molecule has 3 heterocycles. The first kappa shape index (κ1) is 19.4. The number of oxazole rings is 1. The van der Waals surface area contributed by atoms with Gasteiger partial charge in [-0.05, 0) is 43.3 Å². The van der Waals surface area contributed by atoms with E-state index in [2.05, 4.69) is 10.3 Å². The van der Waals surface area contributed by atoms with Crippen molar-refractivity contribution in [3.63, 3.8) is 0 Å². The summed E-state index contributed by atoms with van der Waals surface area (Å²) in [5, 5.41) is 4.91. The maximum atomic E-state index is 12.9. The number of hydrogen-bond donors (Lipinski definition) is 1. The Hall–Kier alpha value is -2.93. The molecule has 0 bridgehead atoms. The Bertz CT molecular complexity index is 982. The minimum absolute atomic E-state index is 0.0173. The first-order valence-electron chi connectivity index (χ1n) is 9.74. The van der Waals surface area contributed by atoms with E-state index in [-0.39, 0.29) is 24.2 Å². The molecule has 2 aromatic heterocycles. The number of nitrogens with zero attached hydrogens (tertiary/aromatic N) is 2. The summed E-state index contributed by atoms with van der Waals surface area (Å²) >= 11 is 1.55. The van der Waals surface area contributed by atoms with Crippen LogP contribution in [0, 0.1) is 12.8 Å². The molecular weight excluding hydrogens is 386 g/mol. The van der Waals surface area contributed by atoms with Crippen molar-refractivity contribution in [2.75, 3.05) is 18.4 Å². The summed E-state index contributed by atoms with van der Waals surface area (Å²) in [6.45, 7) is 2.94. The van der Waals surface area contributed by atoms with Crippen molar-refractivity contribution in [3.8, 4) is 10.8 Å². The van der Waals surface area contributed by atoms with Crippen molar-refractivity contribution in [2.45, 2.75) is 26.2 Å². The van der Waals surface area contributed by atoms with Crippen LogP contribution in [0.2, 0.25) is 0 Å². The lowest BCUT2D eigenvalue weighted by Crippen LogP contribution is -2.44. The Balaban J connectivity index is 1.38. The third-order valence-corrected chi connectivity index (χ3v) is 5.99. The van der Waals surface area contributed by atoms with E-state index >= 15 is 0 Å².